The monoisotopic (exact) mass is 445 g/mol. The van der Waals surface area contributed by atoms with Gasteiger partial charge in [-0.05, 0) is 50.8 Å². The van der Waals surface area contributed by atoms with Crippen LogP contribution in [0.15, 0.2) is 30.3 Å². The minimum atomic E-state index is -4.49. The van der Waals surface area contributed by atoms with Crippen LogP contribution in [0.1, 0.15) is 59.1 Å². The van der Waals surface area contributed by atoms with Crippen LogP contribution >= 0.6 is 0 Å². The first-order chi connectivity index (χ1) is 15.1. The molecule has 1 aromatic carbocycles. The number of carbonyl (C=O) groups excluding carboxylic acids is 1. The SMILES string of the molecule is Cc1ccccc1Cn1nc(C)c(NC(=O)CCn2nc(C(F)(F)F)cc2C2CC2)c1C. The van der Waals surface area contributed by atoms with E-state index >= 15 is 0 Å². The van der Waals surface area contributed by atoms with Crippen molar-refractivity contribution in [3.63, 3.8) is 0 Å². The van der Waals surface area contributed by atoms with Gasteiger partial charge in [0.2, 0.25) is 5.91 Å². The normalized spacial score (nSPS) is 14.1. The summed E-state index contributed by atoms with van der Waals surface area (Å²) in [4.78, 5) is 12.6. The fraction of sp³-hybridized carbons (Fsp3) is 0.435. The van der Waals surface area contributed by atoms with E-state index in [0.29, 0.717) is 23.6 Å². The number of nitrogens with zero attached hydrogens (tertiary/aromatic N) is 4. The Morgan fingerprint density at radius 3 is 2.50 bits per heavy atom. The summed E-state index contributed by atoms with van der Waals surface area (Å²) < 4.78 is 42.4. The van der Waals surface area contributed by atoms with Gasteiger partial charge in [0.15, 0.2) is 5.69 Å². The van der Waals surface area contributed by atoms with E-state index in [9.17, 15) is 18.0 Å². The molecule has 1 saturated carbocycles. The van der Waals surface area contributed by atoms with Crippen LogP contribution < -0.4 is 5.32 Å². The largest absolute Gasteiger partial charge is 0.435 e. The molecule has 4 rings (SSSR count). The van der Waals surface area contributed by atoms with Crippen molar-refractivity contribution < 1.29 is 18.0 Å². The summed E-state index contributed by atoms with van der Waals surface area (Å²) in [5.41, 5.74) is 4.13. The van der Waals surface area contributed by atoms with Gasteiger partial charge in [0.05, 0.1) is 23.6 Å². The molecule has 2 heterocycles. The minimum absolute atomic E-state index is 0.0283. The van der Waals surface area contributed by atoms with Crippen LogP contribution in [0.3, 0.4) is 0 Å². The molecular formula is C23H26F3N5O. The number of hydrogen-bond donors (Lipinski definition) is 1. The van der Waals surface area contributed by atoms with Crippen LogP contribution in [0, 0.1) is 20.8 Å². The number of nitrogens with one attached hydrogen (secondary N) is 1. The second-order valence-electron chi connectivity index (χ2n) is 8.38. The van der Waals surface area contributed by atoms with Crippen molar-refractivity contribution >= 4 is 11.6 Å². The van der Waals surface area contributed by atoms with Crippen molar-refractivity contribution in [3.05, 3.63) is 64.2 Å². The third-order valence-corrected chi connectivity index (χ3v) is 5.88. The smallest absolute Gasteiger partial charge is 0.323 e. The Kier molecular flexibility index (Phi) is 5.83. The summed E-state index contributed by atoms with van der Waals surface area (Å²) in [5.74, 6) is -0.178. The number of aryl methyl sites for hydroxylation is 3. The van der Waals surface area contributed by atoms with E-state index < -0.39 is 11.9 Å². The van der Waals surface area contributed by atoms with Crippen molar-refractivity contribution in [3.8, 4) is 0 Å². The molecule has 1 amide bonds. The first-order valence-electron chi connectivity index (χ1n) is 10.7. The molecular weight excluding hydrogens is 419 g/mol. The van der Waals surface area contributed by atoms with E-state index in [1.165, 1.54) is 4.68 Å². The molecule has 32 heavy (non-hydrogen) atoms. The summed E-state index contributed by atoms with van der Waals surface area (Å²) in [6.07, 6.45) is -2.75. The highest BCUT2D eigenvalue weighted by atomic mass is 19.4. The molecule has 6 nitrogen and oxygen atoms in total. The molecule has 9 heteroatoms. The summed E-state index contributed by atoms with van der Waals surface area (Å²) in [6, 6.07) is 9.16. The van der Waals surface area contributed by atoms with Gasteiger partial charge in [-0.1, -0.05) is 24.3 Å². The summed E-state index contributed by atoms with van der Waals surface area (Å²) in [6.45, 7) is 6.45. The number of carbonyl (C=O) groups is 1. The average molecular weight is 445 g/mol. The number of rotatable bonds is 7. The van der Waals surface area contributed by atoms with Gasteiger partial charge in [-0.2, -0.15) is 23.4 Å². The Labute approximate surface area is 184 Å². The molecule has 0 unspecified atom stereocenters. The second kappa shape index (κ2) is 8.44. The van der Waals surface area contributed by atoms with Gasteiger partial charge in [-0.3, -0.25) is 14.2 Å². The fourth-order valence-electron chi connectivity index (χ4n) is 3.85. The highest BCUT2D eigenvalue weighted by Crippen LogP contribution is 2.42. The molecule has 0 atom stereocenters. The molecule has 0 spiro atoms. The van der Waals surface area contributed by atoms with Gasteiger partial charge in [0.25, 0.3) is 0 Å². The van der Waals surface area contributed by atoms with Crippen molar-refractivity contribution in [1.29, 1.82) is 0 Å². The van der Waals surface area contributed by atoms with E-state index in [1.807, 2.05) is 49.7 Å². The maximum Gasteiger partial charge on any atom is 0.435 e. The van der Waals surface area contributed by atoms with E-state index in [1.54, 1.807) is 0 Å². The predicted molar refractivity (Wildman–Crippen MR) is 114 cm³/mol. The zero-order valence-electron chi connectivity index (χ0n) is 18.3. The zero-order chi connectivity index (χ0) is 23.0. The summed E-state index contributed by atoms with van der Waals surface area (Å²) >= 11 is 0. The van der Waals surface area contributed by atoms with E-state index in [4.69, 9.17) is 0 Å². The Morgan fingerprint density at radius 1 is 1.12 bits per heavy atom. The number of benzene rings is 1. The summed E-state index contributed by atoms with van der Waals surface area (Å²) in [5, 5.41) is 11.1. The molecule has 1 N–H and O–H groups in total. The highest BCUT2D eigenvalue weighted by molar-refractivity contribution is 5.91. The number of hydrogen-bond acceptors (Lipinski definition) is 3. The predicted octanol–water partition coefficient (Wildman–Crippen LogP) is 4.98. The maximum absolute atomic E-state index is 13.1. The molecule has 1 aliphatic carbocycles. The van der Waals surface area contributed by atoms with Crippen LogP contribution in [0.4, 0.5) is 18.9 Å². The lowest BCUT2D eigenvalue weighted by Gasteiger charge is -2.10. The Hall–Kier alpha value is -3.10. The average Bonchev–Trinajstić information content (AvgIpc) is 3.42. The maximum atomic E-state index is 13.1. The van der Waals surface area contributed by atoms with Crippen LogP contribution in [0.25, 0.3) is 0 Å². The van der Waals surface area contributed by atoms with Crippen LogP contribution in [0.2, 0.25) is 0 Å². The lowest BCUT2D eigenvalue weighted by atomic mass is 10.1. The molecule has 0 bridgehead atoms. The standard InChI is InChI=1S/C23H26F3N5O/c1-14-6-4-5-7-18(14)13-31-16(3)22(15(2)28-31)27-21(32)10-11-30-19(17-8-9-17)12-20(29-30)23(24,25)26/h4-7,12,17H,8-11,13H2,1-3H3,(H,27,32). The van der Waals surface area contributed by atoms with Gasteiger partial charge < -0.3 is 5.32 Å². The molecule has 0 radical (unpaired) electrons. The van der Waals surface area contributed by atoms with E-state index in [-0.39, 0.29) is 24.8 Å². The van der Waals surface area contributed by atoms with Gasteiger partial charge in [-0.25, -0.2) is 0 Å². The van der Waals surface area contributed by atoms with Crippen LogP contribution in [-0.2, 0) is 24.1 Å². The molecule has 2 aromatic heterocycles. The number of alkyl halides is 3. The first kappa shape index (κ1) is 22.1. The number of halogens is 3. The molecule has 1 aliphatic rings. The summed E-state index contributed by atoms with van der Waals surface area (Å²) in [7, 11) is 0. The Balaban J connectivity index is 1.43. The van der Waals surface area contributed by atoms with Crippen LogP contribution in [-0.4, -0.2) is 25.5 Å². The Bertz CT molecular complexity index is 1140. The molecule has 0 aliphatic heterocycles. The third kappa shape index (κ3) is 4.71. The quantitative estimate of drug-likeness (QED) is 0.558. The Morgan fingerprint density at radius 2 is 1.84 bits per heavy atom. The van der Waals surface area contributed by atoms with Gasteiger partial charge in [0, 0.05) is 24.6 Å². The number of anilines is 1. The van der Waals surface area contributed by atoms with Gasteiger partial charge >= 0.3 is 6.18 Å². The van der Waals surface area contributed by atoms with Crippen molar-refractivity contribution in [2.45, 2.75) is 65.2 Å². The molecule has 1 fully saturated rings. The van der Waals surface area contributed by atoms with Crippen LogP contribution in [0.5, 0.6) is 0 Å². The van der Waals surface area contributed by atoms with E-state index in [2.05, 4.69) is 15.5 Å². The second-order valence-corrected chi connectivity index (χ2v) is 8.38. The van der Waals surface area contributed by atoms with Crippen molar-refractivity contribution in [2.75, 3.05) is 5.32 Å². The number of aromatic nitrogens is 4. The molecule has 170 valence electrons. The third-order valence-electron chi connectivity index (χ3n) is 5.88. The minimum Gasteiger partial charge on any atom is -0.323 e. The first-order valence-corrected chi connectivity index (χ1v) is 10.7. The fourth-order valence-corrected chi connectivity index (χ4v) is 3.85. The highest BCUT2D eigenvalue weighted by Gasteiger charge is 2.37. The lowest BCUT2D eigenvalue weighted by molar-refractivity contribution is -0.141. The van der Waals surface area contributed by atoms with Gasteiger partial charge in [0.1, 0.15) is 0 Å². The van der Waals surface area contributed by atoms with Crippen molar-refractivity contribution in [1.82, 2.24) is 19.6 Å². The van der Waals surface area contributed by atoms with Crippen molar-refractivity contribution in [2.24, 2.45) is 0 Å². The van der Waals surface area contributed by atoms with Gasteiger partial charge in [-0.15, -0.1) is 0 Å². The zero-order valence-corrected chi connectivity index (χ0v) is 18.3. The molecule has 0 saturated heterocycles. The number of amides is 1. The lowest BCUT2D eigenvalue weighted by Crippen LogP contribution is -2.17. The topological polar surface area (TPSA) is 64.7 Å². The molecule has 3 aromatic rings. The van der Waals surface area contributed by atoms with E-state index in [0.717, 1.165) is 35.7 Å².